The van der Waals surface area contributed by atoms with Crippen molar-refractivity contribution in [1.29, 1.82) is 0 Å². The van der Waals surface area contributed by atoms with Crippen molar-refractivity contribution in [3.63, 3.8) is 0 Å². The maximum Gasteiger partial charge on any atom is 0.408 e. The van der Waals surface area contributed by atoms with Gasteiger partial charge in [0.05, 0.1) is 40.2 Å². The van der Waals surface area contributed by atoms with Crippen molar-refractivity contribution in [2.75, 3.05) is 22.5 Å². The third-order valence-electron chi connectivity index (χ3n) is 9.28. The molecule has 1 aliphatic rings. The summed E-state index contributed by atoms with van der Waals surface area (Å²) in [7, 11) is -13.4. The van der Waals surface area contributed by atoms with Crippen molar-refractivity contribution in [2.24, 2.45) is 0 Å². The molecule has 2 aromatic carbocycles. The number of aromatic nitrogens is 3. The predicted molar refractivity (Wildman–Crippen MR) is 216 cm³/mol. The molecule has 5 rings (SSSR count). The topological polar surface area (TPSA) is 175 Å². The number of rotatable bonds is 10. The number of sulfone groups is 1. The number of anilines is 1. The van der Waals surface area contributed by atoms with Crippen LogP contribution in [-0.2, 0) is 60.4 Å². The standard InChI is InChI=1S/C38H41ClF5N5O8S3/c1-36(2,3)57-35(50)46-29(18-21-16-22(40)19-23(41)17-21)32-30(25-11-9-10-24(25)28(45-32)14-15-37(4,5)58(6,51)52)26-12-13-27(39)31-33(26)48(20-38(42,43)44)47-34(31)49(59(7,53)54)60(8,55)56/h12-13,16-17,19,29H,9-11,18,20H2,1-8H3,(H,46,50)/t29-/m1/s1. The SMILES string of the molecule is CC(C)(C)OC(=O)N[C@H](Cc1cc(F)cc(F)c1)c1nc(C#CC(C)(C)S(C)(=O)=O)c2c(c1-c1ccc(Cl)c3c(N(S(C)(=O)=O)S(C)(=O)=O)nn(CC(F)(F)F)c13)CCC2. The average Bonchev–Trinajstić information content (AvgIpc) is 3.66. The lowest BCUT2D eigenvalue weighted by atomic mass is 9.88. The average molecular weight is 922 g/mol. The number of sulfonamides is 2. The van der Waals surface area contributed by atoms with Gasteiger partial charge in [0.15, 0.2) is 15.7 Å². The zero-order valence-corrected chi connectivity index (χ0v) is 36.8. The van der Waals surface area contributed by atoms with Gasteiger partial charge < -0.3 is 10.1 Å². The van der Waals surface area contributed by atoms with Crippen LogP contribution in [0.1, 0.15) is 75.2 Å². The summed E-state index contributed by atoms with van der Waals surface area (Å²) >= 11 is 6.60. The van der Waals surface area contributed by atoms with Crippen molar-refractivity contribution >= 4 is 64.3 Å². The number of nitrogens with one attached hydrogen (secondary N) is 1. The van der Waals surface area contributed by atoms with Gasteiger partial charge in [0.2, 0.25) is 20.0 Å². The van der Waals surface area contributed by atoms with E-state index in [1.807, 2.05) is 0 Å². The zero-order valence-electron chi connectivity index (χ0n) is 33.5. The third-order valence-corrected chi connectivity index (χ3v) is 14.7. The molecule has 0 bridgehead atoms. The number of halogens is 6. The van der Waals surface area contributed by atoms with Gasteiger partial charge in [-0.05, 0) is 101 Å². The Morgan fingerprint density at radius 2 is 1.53 bits per heavy atom. The number of alkyl halides is 3. The van der Waals surface area contributed by atoms with Gasteiger partial charge in [0.25, 0.3) is 0 Å². The molecule has 0 fully saturated rings. The summed E-state index contributed by atoms with van der Waals surface area (Å²) < 4.78 is 154. The second kappa shape index (κ2) is 16.1. The molecule has 0 aliphatic heterocycles. The van der Waals surface area contributed by atoms with Gasteiger partial charge in [-0.1, -0.05) is 23.6 Å². The first-order valence-electron chi connectivity index (χ1n) is 18.0. The second-order valence-electron chi connectivity index (χ2n) is 15.9. The number of pyridine rings is 1. The number of ether oxygens (including phenoxy) is 1. The van der Waals surface area contributed by atoms with E-state index in [1.165, 1.54) is 26.0 Å². The van der Waals surface area contributed by atoms with Crippen LogP contribution < -0.4 is 9.03 Å². The molecule has 60 heavy (non-hydrogen) atoms. The molecule has 1 N–H and O–H groups in total. The smallest absolute Gasteiger partial charge is 0.408 e. The Hall–Kier alpha value is -4.52. The van der Waals surface area contributed by atoms with E-state index in [1.54, 1.807) is 20.8 Å². The van der Waals surface area contributed by atoms with E-state index >= 15 is 0 Å². The lowest BCUT2D eigenvalue weighted by Gasteiger charge is -2.27. The van der Waals surface area contributed by atoms with Crippen LogP contribution in [0.3, 0.4) is 0 Å². The molecular weight excluding hydrogens is 881 g/mol. The summed E-state index contributed by atoms with van der Waals surface area (Å²) in [6.07, 6.45) is -3.51. The van der Waals surface area contributed by atoms with Crippen molar-refractivity contribution < 1.29 is 56.7 Å². The van der Waals surface area contributed by atoms with Crippen LogP contribution in [0.4, 0.5) is 32.6 Å². The quantitative estimate of drug-likeness (QED) is 0.132. The highest BCUT2D eigenvalue weighted by Gasteiger charge is 2.39. The molecule has 13 nitrogen and oxygen atoms in total. The van der Waals surface area contributed by atoms with Gasteiger partial charge in [-0.25, -0.2) is 43.8 Å². The van der Waals surface area contributed by atoms with E-state index in [9.17, 15) is 52.0 Å². The van der Waals surface area contributed by atoms with Crippen LogP contribution in [0.25, 0.3) is 22.0 Å². The number of amides is 1. The normalized spacial score (nSPS) is 14.4. The number of hydrogen-bond acceptors (Lipinski definition) is 10. The molecule has 4 aromatic rings. The highest BCUT2D eigenvalue weighted by molar-refractivity contribution is 8.09. The molecule has 0 radical (unpaired) electrons. The van der Waals surface area contributed by atoms with Gasteiger partial charge in [-0.3, -0.25) is 4.68 Å². The largest absolute Gasteiger partial charge is 0.444 e. The van der Waals surface area contributed by atoms with Crippen LogP contribution in [0.15, 0.2) is 30.3 Å². The fourth-order valence-corrected chi connectivity index (χ4v) is 10.0. The molecule has 0 spiro atoms. The van der Waals surface area contributed by atoms with E-state index in [4.69, 9.17) is 21.3 Å². The van der Waals surface area contributed by atoms with Crippen LogP contribution in [0, 0.1) is 23.5 Å². The molecule has 0 saturated heterocycles. The Kier molecular flexibility index (Phi) is 12.5. The molecule has 22 heteroatoms. The van der Waals surface area contributed by atoms with Crippen molar-refractivity contribution in [1.82, 2.24) is 20.1 Å². The first kappa shape index (κ1) is 46.5. The van der Waals surface area contributed by atoms with E-state index in [0.29, 0.717) is 40.8 Å². The number of nitrogens with zero attached hydrogens (tertiary/aromatic N) is 4. The predicted octanol–water partition coefficient (Wildman–Crippen LogP) is 6.79. The number of benzene rings is 2. The molecular formula is C38H41ClF5N5O8S3. The minimum absolute atomic E-state index is 0.00440. The molecule has 2 aromatic heterocycles. The third kappa shape index (κ3) is 10.3. The number of carbonyl (C=O) groups is 1. The fourth-order valence-electron chi connectivity index (χ4n) is 6.70. The maximum atomic E-state index is 14.7. The van der Waals surface area contributed by atoms with Crippen LogP contribution >= 0.6 is 11.6 Å². The highest BCUT2D eigenvalue weighted by Crippen LogP contribution is 2.46. The number of hydrogen-bond donors (Lipinski definition) is 1. The van der Waals surface area contributed by atoms with Crippen LogP contribution in [0.5, 0.6) is 0 Å². The summed E-state index contributed by atoms with van der Waals surface area (Å²) in [5.41, 5.74) is -0.865. The maximum absolute atomic E-state index is 14.7. The van der Waals surface area contributed by atoms with E-state index < -0.39 is 99.9 Å². The number of fused-ring (bicyclic) bond motifs is 2. The lowest BCUT2D eigenvalue weighted by molar-refractivity contribution is -0.141. The van der Waals surface area contributed by atoms with Crippen molar-refractivity contribution in [3.05, 3.63) is 75.1 Å². The molecule has 1 aliphatic carbocycles. The van der Waals surface area contributed by atoms with Gasteiger partial charge in [-0.2, -0.15) is 18.3 Å². The van der Waals surface area contributed by atoms with Gasteiger partial charge in [0.1, 0.15) is 34.2 Å². The summed E-state index contributed by atoms with van der Waals surface area (Å²) in [6, 6.07) is 3.67. The molecule has 0 saturated carbocycles. The Morgan fingerprint density at radius 1 is 0.950 bits per heavy atom. The first-order valence-corrected chi connectivity index (χ1v) is 23.9. The van der Waals surface area contributed by atoms with Gasteiger partial charge in [0, 0.05) is 23.4 Å². The van der Waals surface area contributed by atoms with E-state index in [0.717, 1.165) is 18.4 Å². The Labute approximate surface area is 349 Å². The first-order chi connectivity index (χ1) is 27.3. The zero-order chi connectivity index (χ0) is 45.1. The monoisotopic (exact) mass is 921 g/mol. The number of alkyl carbamates (subject to hydrolysis) is 1. The van der Waals surface area contributed by atoms with Crippen LogP contribution in [-0.4, -0.2) is 81.4 Å². The summed E-state index contributed by atoms with van der Waals surface area (Å²) in [5, 5.41) is 5.68. The van der Waals surface area contributed by atoms with Crippen molar-refractivity contribution in [3.8, 4) is 23.0 Å². The second-order valence-corrected chi connectivity index (χ2v) is 22.7. The van der Waals surface area contributed by atoms with Gasteiger partial charge >= 0.3 is 12.3 Å². The summed E-state index contributed by atoms with van der Waals surface area (Å²) in [6.45, 7) is 5.59. The van der Waals surface area contributed by atoms with E-state index in [2.05, 4.69) is 22.3 Å². The minimum atomic E-state index is -5.02. The molecule has 2 heterocycles. The Morgan fingerprint density at radius 3 is 2.07 bits per heavy atom. The van der Waals surface area contributed by atoms with Crippen LogP contribution in [0.2, 0.25) is 5.02 Å². The van der Waals surface area contributed by atoms with Gasteiger partial charge in [-0.15, -0.1) is 3.71 Å². The Balaban J connectivity index is 2.00. The Bertz CT molecular complexity index is 2760. The molecule has 326 valence electrons. The molecule has 1 amide bonds. The highest BCUT2D eigenvalue weighted by atomic mass is 35.5. The fraction of sp³-hybridized carbons (Fsp3) is 0.447. The molecule has 1 atom stereocenters. The number of carbonyl (C=O) groups excluding carboxylic acids is 1. The molecule has 0 unspecified atom stereocenters. The summed E-state index contributed by atoms with van der Waals surface area (Å²) in [5.74, 6) is 2.69. The minimum Gasteiger partial charge on any atom is -0.444 e. The lowest BCUT2D eigenvalue weighted by Crippen LogP contribution is -2.36. The van der Waals surface area contributed by atoms with Crippen molar-refractivity contribution in [2.45, 2.75) is 89.4 Å². The van der Waals surface area contributed by atoms with E-state index in [-0.39, 0.29) is 49.7 Å². The summed E-state index contributed by atoms with van der Waals surface area (Å²) in [4.78, 5) is 18.4.